The highest BCUT2D eigenvalue weighted by Gasteiger charge is 2.22. The molecule has 1 aliphatic rings. The molecule has 1 fully saturated rings. The third-order valence-corrected chi connectivity index (χ3v) is 5.72. The van der Waals surface area contributed by atoms with E-state index in [1.54, 1.807) is 6.92 Å². The van der Waals surface area contributed by atoms with E-state index < -0.39 is 5.97 Å². The normalized spacial score (nSPS) is 15.3. The average molecular weight is 424 g/mol. The Hall–Kier alpha value is -3.00. The second-order valence-electron chi connectivity index (χ2n) is 8.15. The summed E-state index contributed by atoms with van der Waals surface area (Å²) < 4.78 is 10.3. The molecule has 164 valence electrons. The van der Waals surface area contributed by atoms with Crippen LogP contribution in [-0.4, -0.2) is 52.2 Å². The van der Waals surface area contributed by atoms with Gasteiger partial charge in [0, 0.05) is 13.1 Å². The largest absolute Gasteiger partial charge is 0.460 e. The van der Waals surface area contributed by atoms with Crippen LogP contribution in [0, 0.1) is 19.8 Å². The van der Waals surface area contributed by atoms with Gasteiger partial charge in [-0.3, -0.25) is 4.90 Å². The molecule has 2 aromatic heterocycles. The number of hydrogen-bond acceptors (Lipinski definition) is 8. The summed E-state index contributed by atoms with van der Waals surface area (Å²) in [5.74, 6) is 0.533. The molecule has 4 rings (SSSR count). The highest BCUT2D eigenvalue weighted by molar-refractivity contribution is 5.93. The van der Waals surface area contributed by atoms with Gasteiger partial charge in [0.1, 0.15) is 11.2 Å². The predicted octanol–water partition coefficient (Wildman–Crippen LogP) is 3.74. The van der Waals surface area contributed by atoms with Gasteiger partial charge in [-0.25, -0.2) is 9.78 Å². The van der Waals surface area contributed by atoms with E-state index in [0.29, 0.717) is 28.5 Å². The number of fused-ring (bicyclic) bond motifs is 1. The van der Waals surface area contributed by atoms with Crippen molar-refractivity contribution in [1.82, 2.24) is 20.0 Å². The van der Waals surface area contributed by atoms with E-state index in [0.717, 1.165) is 39.0 Å². The zero-order valence-corrected chi connectivity index (χ0v) is 18.4. The van der Waals surface area contributed by atoms with Crippen molar-refractivity contribution in [2.24, 2.45) is 5.92 Å². The Morgan fingerprint density at radius 2 is 2.06 bits per heavy atom. The Bertz CT molecular complexity index is 1060. The van der Waals surface area contributed by atoms with Gasteiger partial charge in [-0.2, -0.15) is 4.98 Å². The lowest BCUT2D eigenvalue weighted by Crippen LogP contribution is -2.35. The molecule has 3 aromatic rings. The number of hydrogen-bond donors (Lipinski definition) is 1. The third kappa shape index (κ3) is 5.02. The number of nitrogens with one attached hydrogen (secondary N) is 1. The minimum Gasteiger partial charge on any atom is -0.460 e. The molecular weight excluding hydrogens is 394 g/mol. The van der Waals surface area contributed by atoms with Crippen LogP contribution in [0.4, 0.5) is 5.82 Å². The molecule has 1 N–H and O–H groups in total. The number of aromatic nitrogens is 3. The predicted molar refractivity (Wildman–Crippen MR) is 118 cm³/mol. The van der Waals surface area contributed by atoms with Crippen LogP contribution < -0.4 is 5.32 Å². The number of aryl methyl sites for hydroxylation is 2. The van der Waals surface area contributed by atoms with Crippen molar-refractivity contribution < 1.29 is 14.1 Å². The van der Waals surface area contributed by atoms with E-state index in [1.807, 2.05) is 6.92 Å². The maximum Gasteiger partial charge on any atom is 0.376 e. The van der Waals surface area contributed by atoms with Crippen LogP contribution >= 0.6 is 0 Å². The fraction of sp³-hybridized carbons (Fsp3) is 0.478. The molecule has 8 nitrogen and oxygen atoms in total. The number of nitrogens with zero attached hydrogens (tertiary/aromatic N) is 4. The Kier molecular flexibility index (Phi) is 6.46. The van der Waals surface area contributed by atoms with Gasteiger partial charge < -0.3 is 14.6 Å². The van der Waals surface area contributed by atoms with Gasteiger partial charge in [0.2, 0.25) is 5.82 Å². The maximum absolute atomic E-state index is 12.1. The van der Waals surface area contributed by atoms with Crippen molar-refractivity contribution in [3.05, 3.63) is 46.9 Å². The lowest BCUT2D eigenvalue weighted by atomic mass is 9.96. The standard InChI is InChI=1S/C23H29N5O3/c1-4-30-23(29)21-25-20(19-16(3)27-31-22(19)26-21)24-13-17-8-10-28(11-9-17)14-18-7-5-6-15(2)12-18/h5-7,12,17H,4,8-11,13-14H2,1-3H3,(H,24,25,26). The van der Waals surface area contributed by atoms with Gasteiger partial charge in [-0.15, -0.1) is 0 Å². The van der Waals surface area contributed by atoms with Crippen LogP contribution in [0.5, 0.6) is 0 Å². The molecule has 1 saturated heterocycles. The number of carbonyl (C=O) groups is 1. The van der Waals surface area contributed by atoms with E-state index in [-0.39, 0.29) is 12.4 Å². The number of piperidine rings is 1. The summed E-state index contributed by atoms with van der Waals surface area (Å²) in [6.45, 7) is 9.90. The summed E-state index contributed by atoms with van der Waals surface area (Å²) in [6.07, 6.45) is 2.22. The van der Waals surface area contributed by atoms with Crippen molar-refractivity contribution in [3.63, 3.8) is 0 Å². The molecule has 0 atom stereocenters. The molecule has 0 spiro atoms. The third-order valence-electron chi connectivity index (χ3n) is 5.72. The molecule has 3 heterocycles. The maximum atomic E-state index is 12.1. The van der Waals surface area contributed by atoms with E-state index in [1.165, 1.54) is 11.1 Å². The molecule has 0 saturated carbocycles. The number of ether oxygens (including phenoxy) is 1. The SMILES string of the molecule is CCOC(=O)c1nc(NCC2CCN(Cc3cccc(C)c3)CC2)c2c(C)noc2n1. The van der Waals surface area contributed by atoms with Gasteiger partial charge in [-0.1, -0.05) is 35.0 Å². The van der Waals surface area contributed by atoms with Crippen LogP contribution in [0.15, 0.2) is 28.8 Å². The van der Waals surface area contributed by atoms with Gasteiger partial charge in [0.15, 0.2) is 0 Å². The molecule has 0 amide bonds. The summed E-state index contributed by atoms with van der Waals surface area (Å²) in [5, 5.41) is 8.11. The Morgan fingerprint density at radius 1 is 1.26 bits per heavy atom. The van der Waals surface area contributed by atoms with Crippen LogP contribution in [0.1, 0.15) is 47.2 Å². The molecule has 31 heavy (non-hydrogen) atoms. The van der Waals surface area contributed by atoms with E-state index in [4.69, 9.17) is 9.26 Å². The van der Waals surface area contributed by atoms with Crippen LogP contribution in [0.25, 0.3) is 11.1 Å². The molecule has 1 aliphatic heterocycles. The quantitative estimate of drug-likeness (QED) is 0.575. The molecule has 8 heteroatoms. The van der Waals surface area contributed by atoms with Crippen LogP contribution in [-0.2, 0) is 11.3 Å². The molecule has 1 aromatic carbocycles. The monoisotopic (exact) mass is 423 g/mol. The number of anilines is 1. The van der Waals surface area contributed by atoms with Gasteiger partial charge in [0.05, 0.1) is 12.3 Å². The Morgan fingerprint density at radius 3 is 2.81 bits per heavy atom. The average Bonchev–Trinajstić information content (AvgIpc) is 3.14. The van der Waals surface area contributed by atoms with Crippen molar-refractivity contribution in [2.45, 2.75) is 40.2 Å². The number of benzene rings is 1. The summed E-state index contributed by atoms with van der Waals surface area (Å²) in [7, 11) is 0. The van der Waals surface area contributed by atoms with Crippen molar-refractivity contribution in [3.8, 4) is 0 Å². The first-order chi connectivity index (χ1) is 15.0. The first-order valence-electron chi connectivity index (χ1n) is 10.9. The van der Waals surface area contributed by atoms with Crippen LogP contribution in [0.3, 0.4) is 0 Å². The van der Waals surface area contributed by atoms with E-state index in [2.05, 4.69) is 56.5 Å². The second kappa shape index (κ2) is 9.43. The number of esters is 1. The van der Waals surface area contributed by atoms with Crippen molar-refractivity contribution in [1.29, 1.82) is 0 Å². The zero-order valence-electron chi connectivity index (χ0n) is 18.4. The molecule has 0 unspecified atom stereocenters. The number of carbonyl (C=O) groups excluding carboxylic acids is 1. The number of rotatable bonds is 7. The molecule has 0 bridgehead atoms. The molecule has 0 radical (unpaired) electrons. The Labute approximate surface area is 182 Å². The van der Waals surface area contributed by atoms with Crippen LogP contribution in [0.2, 0.25) is 0 Å². The van der Waals surface area contributed by atoms with Gasteiger partial charge in [0.25, 0.3) is 5.71 Å². The van der Waals surface area contributed by atoms with Crippen molar-refractivity contribution in [2.75, 3.05) is 31.6 Å². The first-order valence-corrected chi connectivity index (χ1v) is 10.9. The smallest absolute Gasteiger partial charge is 0.376 e. The summed E-state index contributed by atoms with van der Waals surface area (Å²) >= 11 is 0. The van der Waals surface area contributed by atoms with E-state index >= 15 is 0 Å². The minimum absolute atomic E-state index is 0.0130. The lowest BCUT2D eigenvalue weighted by Gasteiger charge is -2.32. The van der Waals surface area contributed by atoms with Crippen molar-refractivity contribution >= 4 is 22.9 Å². The summed E-state index contributed by atoms with van der Waals surface area (Å²) in [4.78, 5) is 23.2. The lowest BCUT2D eigenvalue weighted by molar-refractivity contribution is 0.0512. The Balaban J connectivity index is 1.38. The topological polar surface area (TPSA) is 93.4 Å². The highest BCUT2D eigenvalue weighted by atomic mass is 16.5. The highest BCUT2D eigenvalue weighted by Crippen LogP contribution is 2.26. The fourth-order valence-corrected chi connectivity index (χ4v) is 4.06. The molecule has 0 aliphatic carbocycles. The summed E-state index contributed by atoms with van der Waals surface area (Å²) in [6, 6.07) is 8.72. The second-order valence-corrected chi connectivity index (χ2v) is 8.15. The first kappa shape index (κ1) is 21.2. The minimum atomic E-state index is -0.564. The van der Waals surface area contributed by atoms with Gasteiger partial charge >= 0.3 is 5.97 Å². The summed E-state index contributed by atoms with van der Waals surface area (Å²) in [5.41, 5.74) is 3.67. The number of likely N-dealkylation sites (tertiary alicyclic amines) is 1. The zero-order chi connectivity index (χ0) is 21.8. The fourth-order valence-electron chi connectivity index (χ4n) is 4.06. The molecular formula is C23H29N5O3. The van der Waals surface area contributed by atoms with E-state index in [9.17, 15) is 4.79 Å². The van der Waals surface area contributed by atoms with Gasteiger partial charge in [-0.05, 0) is 58.2 Å².